The first kappa shape index (κ1) is 18.7. The number of likely N-dealkylation sites (tertiary alicyclic amines) is 1. The number of nitrogens with one attached hydrogen (secondary N) is 2. The molecule has 2 fully saturated rings. The average molecular weight is 361 g/mol. The number of amides is 3. The normalized spacial score (nSPS) is 22.8. The highest BCUT2D eigenvalue weighted by Gasteiger charge is 2.35. The number of urea groups is 1. The maximum atomic E-state index is 13.6. The van der Waals surface area contributed by atoms with Crippen LogP contribution in [0.5, 0.6) is 0 Å². The summed E-state index contributed by atoms with van der Waals surface area (Å²) in [6.45, 7) is 5.87. The third-order valence-electron chi connectivity index (χ3n) is 5.35. The molecule has 142 valence electrons. The van der Waals surface area contributed by atoms with Gasteiger partial charge in [0.1, 0.15) is 5.82 Å². The quantitative estimate of drug-likeness (QED) is 0.847. The van der Waals surface area contributed by atoms with E-state index in [0.29, 0.717) is 37.5 Å². The SMILES string of the molecule is CCNC(=O)N1C[C@H](C(=O)NCC2CC2)C[C@H](c2ccc(F)c(C)c2)C1. The summed E-state index contributed by atoms with van der Waals surface area (Å²) < 4.78 is 13.6. The highest BCUT2D eigenvalue weighted by molar-refractivity contribution is 5.81. The summed E-state index contributed by atoms with van der Waals surface area (Å²) in [5, 5.41) is 5.86. The lowest BCUT2D eigenvalue weighted by Crippen LogP contribution is -2.51. The summed E-state index contributed by atoms with van der Waals surface area (Å²) in [6, 6.07) is 4.93. The molecule has 6 heteroatoms. The maximum Gasteiger partial charge on any atom is 0.317 e. The van der Waals surface area contributed by atoms with E-state index in [1.165, 1.54) is 18.9 Å². The van der Waals surface area contributed by atoms with Crippen LogP contribution >= 0.6 is 0 Å². The van der Waals surface area contributed by atoms with Crippen LogP contribution in [0, 0.1) is 24.6 Å². The van der Waals surface area contributed by atoms with Crippen molar-refractivity contribution in [2.45, 2.75) is 39.0 Å². The molecule has 1 heterocycles. The van der Waals surface area contributed by atoms with E-state index in [9.17, 15) is 14.0 Å². The van der Waals surface area contributed by atoms with Crippen molar-refractivity contribution >= 4 is 11.9 Å². The molecule has 1 aliphatic carbocycles. The monoisotopic (exact) mass is 361 g/mol. The lowest BCUT2D eigenvalue weighted by molar-refractivity contribution is -0.126. The van der Waals surface area contributed by atoms with Crippen molar-refractivity contribution in [3.05, 3.63) is 35.1 Å². The molecule has 3 rings (SSSR count). The standard InChI is InChI=1S/C20H28FN3O2/c1-3-22-20(26)24-11-16(15-6-7-18(21)13(2)8-15)9-17(12-24)19(25)23-10-14-4-5-14/h6-8,14,16-17H,3-5,9-12H2,1-2H3,(H,22,26)(H,23,25)/t16-,17+/m0/s1. The van der Waals surface area contributed by atoms with Crippen LogP contribution < -0.4 is 10.6 Å². The summed E-state index contributed by atoms with van der Waals surface area (Å²) >= 11 is 0. The summed E-state index contributed by atoms with van der Waals surface area (Å²) in [5.74, 6) is 0.207. The molecule has 5 nitrogen and oxygen atoms in total. The van der Waals surface area contributed by atoms with E-state index in [2.05, 4.69) is 10.6 Å². The van der Waals surface area contributed by atoms with Crippen LogP contribution in [0.1, 0.15) is 43.2 Å². The van der Waals surface area contributed by atoms with Gasteiger partial charge in [-0.15, -0.1) is 0 Å². The van der Waals surface area contributed by atoms with Gasteiger partial charge in [0.25, 0.3) is 0 Å². The first-order valence-corrected chi connectivity index (χ1v) is 9.54. The minimum absolute atomic E-state index is 0.0229. The van der Waals surface area contributed by atoms with Gasteiger partial charge in [-0.05, 0) is 56.2 Å². The van der Waals surface area contributed by atoms with Crippen molar-refractivity contribution < 1.29 is 14.0 Å². The van der Waals surface area contributed by atoms with Gasteiger partial charge in [-0.25, -0.2) is 9.18 Å². The lowest BCUT2D eigenvalue weighted by atomic mass is 9.83. The molecule has 1 aliphatic heterocycles. The molecule has 2 N–H and O–H groups in total. The van der Waals surface area contributed by atoms with Crippen LogP contribution in [0.4, 0.5) is 9.18 Å². The molecular weight excluding hydrogens is 333 g/mol. The molecule has 0 bridgehead atoms. The Bertz CT molecular complexity index is 675. The number of rotatable bonds is 5. The van der Waals surface area contributed by atoms with E-state index in [0.717, 1.165) is 12.1 Å². The number of nitrogens with zero attached hydrogens (tertiary/aromatic N) is 1. The Kier molecular flexibility index (Phi) is 5.79. The summed E-state index contributed by atoms with van der Waals surface area (Å²) in [6.07, 6.45) is 3.05. The third-order valence-corrected chi connectivity index (χ3v) is 5.35. The van der Waals surface area contributed by atoms with E-state index < -0.39 is 0 Å². The van der Waals surface area contributed by atoms with Crippen LogP contribution in [0.15, 0.2) is 18.2 Å². The molecule has 0 radical (unpaired) electrons. The minimum Gasteiger partial charge on any atom is -0.356 e. The first-order chi connectivity index (χ1) is 12.5. The number of piperidine rings is 1. The van der Waals surface area contributed by atoms with Gasteiger partial charge < -0.3 is 15.5 Å². The Labute approximate surface area is 154 Å². The number of hydrogen-bond acceptors (Lipinski definition) is 2. The van der Waals surface area contributed by atoms with Crippen LogP contribution in [-0.4, -0.2) is 43.0 Å². The predicted molar refractivity (Wildman–Crippen MR) is 98.4 cm³/mol. The van der Waals surface area contributed by atoms with Crippen LogP contribution in [-0.2, 0) is 4.79 Å². The molecule has 26 heavy (non-hydrogen) atoms. The molecule has 2 atom stereocenters. The molecule has 0 spiro atoms. The Morgan fingerprint density at radius 3 is 2.65 bits per heavy atom. The van der Waals surface area contributed by atoms with E-state index in [1.54, 1.807) is 17.9 Å². The van der Waals surface area contributed by atoms with E-state index >= 15 is 0 Å². The Morgan fingerprint density at radius 1 is 1.23 bits per heavy atom. The van der Waals surface area contributed by atoms with Crippen molar-refractivity contribution in [1.82, 2.24) is 15.5 Å². The number of hydrogen-bond donors (Lipinski definition) is 2. The second kappa shape index (κ2) is 8.06. The second-order valence-corrected chi connectivity index (χ2v) is 7.57. The highest BCUT2D eigenvalue weighted by atomic mass is 19.1. The molecule has 3 amide bonds. The van der Waals surface area contributed by atoms with E-state index in [1.807, 2.05) is 13.0 Å². The average Bonchev–Trinajstić information content (AvgIpc) is 3.46. The van der Waals surface area contributed by atoms with Gasteiger partial charge in [-0.2, -0.15) is 0 Å². The summed E-state index contributed by atoms with van der Waals surface area (Å²) in [4.78, 5) is 26.7. The largest absolute Gasteiger partial charge is 0.356 e. The van der Waals surface area contributed by atoms with Gasteiger partial charge in [-0.1, -0.05) is 12.1 Å². The number of aryl methyl sites for hydroxylation is 1. The molecule has 1 saturated heterocycles. The molecule has 0 unspecified atom stereocenters. The first-order valence-electron chi connectivity index (χ1n) is 9.54. The number of halogens is 1. The van der Waals surface area contributed by atoms with Gasteiger partial charge >= 0.3 is 6.03 Å². The summed E-state index contributed by atoms with van der Waals surface area (Å²) in [7, 11) is 0. The van der Waals surface area contributed by atoms with Crippen LogP contribution in [0.3, 0.4) is 0 Å². The van der Waals surface area contributed by atoms with Crippen molar-refractivity contribution in [2.24, 2.45) is 11.8 Å². The molecule has 1 aromatic rings. The zero-order chi connectivity index (χ0) is 18.7. The molecule has 1 saturated carbocycles. The molecule has 2 aliphatic rings. The highest BCUT2D eigenvalue weighted by Crippen LogP contribution is 2.32. The Hall–Kier alpha value is -2.11. The van der Waals surface area contributed by atoms with Crippen molar-refractivity contribution in [2.75, 3.05) is 26.2 Å². The Balaban J connectivity index is 1.74. The number of carbonyl (C=O) groups excluding carboxylic acids is 2. The van der Waals surface area contributed by atoms with Gasteiger partial charge in [-0.3, -0.25) is 4.79 Å². The minimum atomic E-state index is -0.236. The molecule has 1 aromatic carbocycles. The fourth-order valence-corrected chi connectivity index (χ4v) is 3.59. The van der Waals surface area contributed by atoms with Gasteiger partial charge in [0.2, 0.25) is 5.91 Å². The van der Waals surface area contributed by atoms with E-state index in [4.69, 9.17) is 0 Å². The van der Waals surface area contributed by atoms with Gasteiger partial charge in [0.15, 0.2) is 0 Å². The van der Waals surface area contributed by atoms with Crippen molar-refractivity contribution in [3.63, 3.8) is 0 Å². The van der Waals surface area contributed by atoms with E-state index in [-0.39, 0.29) is 29.6 Å². The zero-order valence-electron chi connectivity index (χ0n) is 15.6. The van der Waals surface area contributed by atoms with Gasteiger partial charge in [0, 0.05) is 32.1 Å². The third kappa shape index (κ3) is 4.54. The van der Waals surface area contributed by atoms with Crippen molar-refractivity contribution in [3.8, 4) is 0 Å². The number of benzene rings is 1. The topological polar surface area (TPSA) is 61.4 Å². The van der Waals surface area contributed by atoms with Gasteiger partial charge in [0.05, 0.1) is 5.92 Å². The van der Waals surface area contributed by atoms with Crippen LogP contribution in [0.25, 0.3) is 0 Å². The summed E-state index contributed by atoms with van der Waals surface area (Å²) in [5.41, 5.74) is 1.57. The Morgan fingerprint density at radius 2 is 2.00 bits per heavy atom. The van der Waals surface area contributed by atoms with Crippen molar-refractivity contribution in [1.29, 1.82) is 0 Å². The fraction of sp³-hybridized carbons (Fsp3) is 0.600. The molecule has 0 aromatic heterocycles. The second-order valence-electron chi connectivity index (χ2n) is 7.57. The molecular formula is C20H28FN3O2. The fourth-order valence-electron chi connectivity index (χ4n) is 3.59. The lowest BCUT2D eigenvalue weighted by Gasteiger charge is -2.37. The smallest absolute Gasteiger partial charge is 0.317 e. The predicted octanol–water partition coefficient (Wildman–Crippen LogP) is 2.80. The maximum absolute atomic E-state index is 13.6. The van der Waals surface area contributed by atoms with Crippen LogP contribution in [0.2, 0.25) is 0 Å². The number of carbonyl (C=O) groups is 2. The zero-order valence-corrected chi connectivity index (χ0v) is 15.6.